The summed E-state index contributed by atoms with van der Waals surface area (Å²) in [6.45, 7) is 4.09. The minimum atomic E-state index is 0.894. The van der Waals surface area contributed by atoms with Crippen LogP contribution in [0.4, 0.5) is 34.4 Å². The minimum absolute atomic E-state index is 0.894. The maximum Gasteiger partial charge on any atom is 0.137 e. The SMILES string of the molecule is Cc1cccc(N(c2ccccc2)c2ccc3c(c2)c2ccccc2c2cc4c5ccc(N(c6ccccc6)c6cccc(C)n6)cc5c5ccccc5c4cc32)n1. The predicted octanol–water partition coefficient (Wildman–Crippen LogP) is 15.0. The molecule has 0 spiro atoms. The lowest BCUT2D eigenvalue weighted by Gasteiger charge is -2.25. The van der Waals surface area contributed by atoms with Crippen LogP contribution in [0.25, 0.3) is 64.6 Å². The lowest BCUT2D eigenvalue weighted by Crippen LogP contribution is -2.11. The summed E-state index contributed by atoms with van der Waals surface area (Å²) in [5.74, 6) is 1.79. The van der Waals surface area contributed by atoms with Gasteiger partial charge < -0.3 is 0 Å². The van der Waals surface area contributed by atoms with Gasteiger partial charge in [-0.3, -0.25) is 9.80 Å². The zero-order valence-corrected chi connectivity index (χ0v) is 32.3. The van der Waals surface area contributed by atoms with E-state index in [-0.39, 0.29) is 0 Å². The van der Waals surface area contributed by atoms with E-state index >= 15 is 0 Å². The molecule has 11 aromatic rings. The molecule has 0 bridgehead atoms. The normalized spacial score (nSPS) is 11.6. The van der Waals surface area contributed by atoms with Gasteiger partial charge >= 0.3 is 0 Å². The molecule has 2 heterocycles. The van der Waals surface area contributed by atoms with Gasteiger partial charge in [-0.15, -0.1) is 0 Å². The van der Waals surface area contributed by atoms with E-state index in [0.29, 0.717) is 0 Å². The molecule has 11 rings (SSSR count). The molecule has 0 aliphatic heterocycles. The molecule has 4 nitrogen and oxygen atoms in total. The van der Waals surface area contributed by atoms with Crippen LogP contribution in [-0.2, 0) is 0 Å². The Morgan fingerprint density at radius 2 is 0.586 bits per heavy atom. The summed E-state index contributed by atoms with van der Waals surface area (Å²) < 4.78 is 0. The van der Waals surface area contributed by atoms with Gasteiger partial charge in [-0.2, -0.15) is 0 Å². The molecule has 0 N–H and O–H groups in total. The van der Waals surface area contributed by atoms with E-state index in [1.54, 1.807) is 0 Å². The Morgan fingerprint density at radius 3 is 0.948 bits per heavy atom. The molecule has 0 aliphatic carbocycles. The smallest absolute Gasteiger partial charge is 0.137 e. The predicted molar refractivity (Wildman–Crippen MR) is 246 cm³/mol. The number of aryl methyl sites for hydroxylation is 2. The summed E-state index contributed by atoms with van der Waals surface area (Å²) >= 11 is 0. The summed E-state index contributed by atoms with van der Waals surface area (Å²) in [7, 11) is 0. The Labute approximate surface area is 336 Å². The van der Waals surface area contributed by atoms with Gasteiger partial charge in [0, 0.05) is 34.1 Å². The zero-order chi connectivity index (χ0) is 38.7. The fourth-order valence-electron chi connectivity index (χ4n) is 8.94. The molecule has 0 amide bonds. The lowest BCUT2D eigenvalue weighted by molar-refractivity contribution is 1.13. The van der Waals surface area contributed by atoms with E-state index in [1.807, 2.05) is 26.0 Å². The van der Waals surface area contributed by atoms with Crippen LogP contribution in [0.3, 0.4) is 0 Å². The average Bonchev–Trinajstić information content (AvgIpc) is 3.27. The number of para-hydroxylation sites is 2. The molecule has 0 aliphatic rings. The second kappa shape index (κ2) is 13.6. The Hall–Kier alpha value is -7.56. The molecule has 4 heteroatoms. The highest BCUT2D eigenvalue weighted by Gasteiger charge is 2.20. The third-order valence-electron chi connectivity index (χ3n) is 11.5. The quantitative estimate of drug-likeness (QED) is 0.125. The fraction of sp³-hybridized carbons (Fsp3) is 0.0370. The van der Waals surface area contributed by atoms with E-state index < -0.39 is 0 Å². The highest BCUT2D eigenvalue weighted by atomic mass is 15.2. The van der Waals surface area contributed by atoms with Crippen LogP contribution in [0.15, 0.2) is 194 Å². The van der Waals surface area contributed by atoms with E-state index in [4.69, 9.17) is 9.97 Å². The van der Waals surface area contributed by atoms with Crippen LogP contribution >= 0.6 is 0 Å². The zero-order valence-electron chi connectivity index (χ0n) is 32.3. The molecule has 2 aromatic heterocycles. The lowest BCUT2D eigenvalue weighted by atomic mass is 9.88. The first-order valence-electron chi connectivity index (χ1n) is 19.8. The molecule has 274 valence electrons. The number of rotatable bonds is 6. The van der Waals surface area contributed by atoms with Crippen molar-refractivity contribution < 1.29 is 0 Å². The van der Waals surface area contributed by atoms with Crippen molar-refractivity contribution in [2.24, 2.45) is 0 Å². The first-order chi connectivity index (χ1) is 28.6. The van der Waals surface area contributed by atoms with E-state index in [0.717, 1.165) is 45.8 Å². The van der Waals surface area contributed by atoms with Crippen molar-refractivity contribution in [3.63, 3.8) is 0 Å². The first-order valence-corrected chi connectivity index (χ1v) is 19.8. The van der Waals surface area contributed by atoms with Crippen molar-refractivity contribution in [3.05, 3.63) is 206 Å². The number of hydrogen-bond acceptors (Lipinski definition) is 4. The van der Waals surface area contributed by atoms with Crippen molar-refractivity contribution >= 4 is 99.0 Å². The Morgan fingerprint density at radius 1 is 0.259 bits per heavy atom. The highest BCUT2D eigenvalue weighted by molar-refractivity contribution is 6.33. The second-order valence-electron chi connectivity index (χ2n) is 15.1. The largest absolute Gasteiger partial charge is 0.295 e. The highest BCUT2D eigenvalue weighted by Crippen LogP contribution is 2.45. The van der Waals surface area contributed by atoms with Crippen LogP contribution in [0, 0.1) is 13.8 Å². The second-order valence-corrected chi connectivity index (χ2v) is 15.1. The van der Waals surface area contributed by atoms with Gasteiger partial charge in [-0.05, 0) is 163 Å². The molecule has 9 aromatic carbocycles. The van der Waals surface area contributed by atoms with E-state index in [9.17, 15) is 0 Å². The third-order valence-corrected chi connectivity index (χ3v) is 11.5. The molecule has 0 radical (unpaired) electrons. The number of anilines is 6. The average molecular weight is 743 g/mol. The standard InChI is InChI=1S/C54H38N4/c1-35-15-13-25-53(55-35)57(37-17-5-3-6-18-37)39-27-29-45-47(31-39)41-21-9-11-23-43(41)49-34-52-46-30-28-40(32-48(46)42-22-10-12-24-44(42)50(52)33-51(45)49)58(38-19-7-4-8-20-38)54-26-14-16-36(2)56-54/h3-34H,1-2H3. The fourth-order valence-corrected chi connectivity index (χ4v) is 8.94. The van der Waals surface area contributed by atoms with Crippen LogP contribution in [0.2, 0.25) is 0 Å². The summed E-state index contributed by atoms with van der Waals surface area (Å²) in [5, 5.41) is 14.8. The van der Waals surface area contributed by atoms with Crippen LogP contribution in [0.5, 0.6) is 0 Å². The van der Waals surface area contributed by atoms with Crippen LogP contribution < -0.4 is 9.80 Å². The number of pyridine rings is 2. The molecule has 0 fully saturated rings. The monoisotopic (exact) mass is 742 g/mol. The van der Waals surface area contributed by atoms with Crippen LogP contribution in [-0.4, -0.2) is 9.97 Å². The number of hydrogen-bond donors (Lipinski definition) is 0. The van der Waals surface area contributed by atoms with Gasteiger partial charge in [0.2, 0.25) is 0 Å². The van der Waals surface area contributed by atoms with Gasteiger partial charge in [-0.1, -0.05) is 109 Å². The Balaban J connectivity index is 1.17. The Bertz CT molecular complexity index is 3150. The number of aromatic nitrogens is 2. The molecule has 0 saturated carbocycles. The molecule has 0 unspecified atom stereocenters. The number of benzene rings is 9. The van der Waals surface area contributed by atoms with Crippen molar-refractivity contribution in [2.75, 3.05) is 9.80 Å². The van der Waals surface area contributed by atoms with Gasteiger partial charge in [-0.25, -0.2) is 9.97 Å². The molecule has 58 heavy (non-hydrogen) atoms. The van der Waals surface area contributed by atoms with Gasteiger partial charge in [0.05, 0.1) is 0 Å². The van der Waals surface area contributed by atoms with Gasteiger partial charge in [0.1, 0.15) is 11.6 Å². The van der Waals surface area contributed by atoms with E-state index in [1.165, 1.54) is 64.6 Å². The Kier molecular flexibility index (Phi) is 7.90. The minimum Gasteiger partial charge on any atom is -0.295 e. The number of nitrogens with zero attached hydrogens (tertiary/aromatic N) is 4. The van der Waals surface area contributed by atoms with Crippen molar-refractivity contribution in [3.8, 4) is 0 Å². The summed E-state index contributed by atoms with van der Waals surface area (Å²) in [6, 6.07) is 69.9. The molecule has 0 atom stereocenters. The summed E-state index contributed by atoms with van der Waals surface area (Å²) in [4.78, 5) is 14.5. The maximum atomic E-state index is 4.98. The topological polar surface area (TPSA) is 32.3 Å². The molecular weight excluding hydrogens is 705 g/mol. The number of fused-ring (bicyclic) bond motifs is 12. The summed E-state index contributed by atoms with van der Waals surface area (Å²) in [5.41, 5.74) is 6.24. The van der Waals surface area contributed by atoms with Gasteiger partial charge in [0.25, 0.3) is 0 Å². The summed E-state index contributed by atoms with van der Waals surface area (Å²) in [6.07, 6.45) is 0. The van der Waals surface area contributed by atoms with Crippen LogP contribution in [0.1, 0.15) is 11.4 Å². The molecular formula is C54H38N4. The van der Waals surface area contributed by atoms with Gasteiger partial charge in [0.15, 0.2) is 0 Å². The molecule has 0 saturated heterocycles. The first kappa shape index (κ1) is 33.8. The maximum absolute atomic E-state index is 4.98. The van der Waals surface area contributed by atoms with Crippen molar-refractivity contribution in [2.45, 2.75) is 13.8 Å². The van der Waals surface area contributed by atoms with Crippen molar-refractivity contribution in [1.82, 2.24) is 9.97 Å². The third kappa shape index (κ3) is 5.53. The van der Waals surface area contributed by atoms with E-state index in [2.05, 4.69) is 192 Å². The van der Waals surface area contributed by atoms with Crippen molar-refractivity contribution in [1.29, 1.82) is 0 Å².